The van der Waals surface area contributed by atoms with Crippen LogP contribution in [0.15, 0.2) is 53.0 Å². The van der Waals surface area contributed by atoms with Crippen molar-refractivity contribution >= 4 is 27.7 Å². The Bertz CT molecular complexity index is 647. The molecular formula is C17H15BrO4. The van der Waals surface area contributed by atoms with Gasteiger partial charge in [-0.05, 0) is 36.4 Å². The van der Waals surface area contributed by atoms with Crippen LogP contribution in [0.3, 0.4) is 0 Å². The van der Waals surface area contributed by atoms with E-state index in [1.54, 1.807) is 55.6 Å². The van der Waals surface area contributed by atoms with E-state index in [0.29, 0.717) is 17.1 Å². The molecule has 0 amide bonds. The van der Waals surface area contributed by atoms with E-state index in [0.717, 1.165) is 4.47 Å². The molecule has 0 atom stereocenters. The molecule has 0 aliphatic rings. The predicted octanol–water partition coefficient (Wildman–Crippen LogP) is 4.03. The zero-order valence-electron chi connectivity index (χ0n) is 12.0. The number of benzene rings is 2. The molecule has 0 unspecified atom stereocenters. The second kappa shape index (κ2) is 7.75. The summed E-state index contributed by atoms with van der Waals surface area (Å²) in [6, 6.07) is 13.7. The number of methoxy groups -OCH3 is 1. The number of carbonyl (C=O) groups is 2. The minimum absolute atomic E-state index is 0.0426. The summed E-state index contributed by atoms with van der Waals surface area (Å²) in [7, 11) is 1.56. The number of carbonyl (C=O) groups excluding carboxylic acids is 2. The van der Waals surface area contributed by atoms with Gasteiger partial charge in [0, 0.05) is 16.5 Å². The summed E-state index contributed by atoms with van der Waals surface area (Å²) in [5.74, 6) is 0.599. The first-order valence-corrected chi connectivity index (χ1v) is 7.51. The van der Waals surface area contributed by atoms with E-state index < -0.39 is 5.97 Å². The fourth-order valence-corrected chi connectivity index (χ4v) is 2.09. The molecule has 114 valence electrons. The molecule has 0 aliphatic heterocycles. The Labute approximate surface area is 137 Å². The molecule has 0 saturated carbocycles. The fourth-order valence-electron chi connectivity index (χ4n) is 1.82. The van der Waals surface area contributed by atoms with Crippen LogP contribution in [0.5, 0.6) is 11.5 Å². The summed E-state index contributed by atoms with van der Waals surface area (Å²) in [5.41, 5.74) is 0.584. The zero-order valence-corrected chi connectivity index (χ0v) is 13.6. The third-order valence-electron chi connectivity index (χ3n) is 3.01. The average molecular weight is 363 g/mol. The zero-order chi connectivity index (χ0) is 15.9. The van der Waals surface area contributed by atoms with E-state index in [1.807, 2.05) is 0 Å². The van der Waals surface area contributed by atoms with Gasteiger partial charge in [-0.3, -0.25) is 9.59 Å². The number of ketones is 1. The van der Waals surface area contributed by atoms with Gasteiger partial charge < -0.3 is 9.47 Å². The van der Waals surface area contributed by atoms with Crippen molar-refractivity contribution in [3.63, 3.8) is 0 Å². The second-order valence-corrected chi connectivity index (χ2v) is 5.50. The van der Waals surface area contributed by atoms with Gasteiger partial charge in [-0.2, -0.15) is 0 Å². The van der Waals surface area contributed by atoms with E-state index in [1.165, 1.54) is 0 Å². The summed E-state index contributed by atoms with van der Waals surface area (Å²) in [6.45, 7) is 0. The molecule has 0 N–H and O–H groups in total. The van der Waals surface area contributed by atoms with Gasteiger partial charge in [-0.15, -0.1) is 0 Å². The van der Waals surface area contributed by atoms with Crippen molar-refractivity contribution in [2.45, 2.75) is 12.8 Å². The average Bonchev–Trinajstić information content (AvgIpc) is 2.54. The lowest BCUT2D eigenvalue weighted by atomic mass is 10.1. The van der Waals surface area contributed by atoms with E-state index in [2.05, 4.69) is 15.9 Å². The predicted molar refractivity (Wildman–Crippen MR) is 86.3 cm³/mol. The molecule has 2 aromatic rings. The number of esters is 1. The molecule has 0 heterocycles. The molecule has 0 radical (unpaired) electrons. The van der Waals surface area contributed by atoms with Crippen LogP contribution in [0.2, 0.25) is 0 Å². The van der Waals surface area contributed by atoms with Crippen molar-refractivity contribution in [2.75, 3.05) is 7.11 Å². The highest BCUT2D eigenvalue weighted by molar-refractivity contribution is 9.10. The lowest BCUT2D eigenvalue weighted by Gasteiger charge is -2.05. The Morgan fingerprint density at radius 3 is 2.09 bits per heavy atom. The summed E-state index contributed by atoms with van der Waals surface area (Å²) < 4.78 is 11.1. The Morgan fingerprint density at radius 2 is 1.50 bits per heavy atom. The summed E-state index contributed by atoms with van der Waals surface area (Å²) in [5, 5.41) is 0. The smallest absolute Gasteiger partial charge is 0.311 e. The molecule has 0 bridgehead atoms. The molecule has 0 fully saturated rings. The fraction of sp³-hybridized carbons (Fsp3) is 0.176. The third-order valence-corrected chi connectivity index (χ3v) is 3.54. The van der Waals surface area contributed by atoms with E-state index in [-0.39, 0.29) is 18.6 Å². The molecular weight excluding hydrogens is 348 g/mol. The Hall–Kier alpha value is -2.14. The van der Waals surface area contributed by atoms with Crippen molar-refractivity contribution in [2.24, 2.45) is 0 Å². The maximum Gasteiger partial charge on any atom is 0.311 e. The summed E-state index contributed by atoms with van der Waals surface area (Å²) in [4.78, 5) is 23.7. The quantitative estimate of drug-likeness (QED) is 0.442. The van der Waals surface area contributed by atoms with Gasteiger partial charge in [0.15, 0.2) is 5.78 Å². The van der Waals surface area contributed by atoms with Crippen LogP contribution in [-0.2, 0) is 4.79 Å². The second-order valence-electron chi connectivity index (χ2n) is 4.58. The van der Waals surface area contributed by atoms with Crippen molar-refractivity contribution in [3.8, 4) is 11.5 Å². The standard InChI is InChI=1S/C17H15BrO4/c1-21-14-6-8-15(9-7-14)22-17(20)11-10-16(19)12-2-4-13(18)5-3-12/h2-9H,10-11H2,1H3. The van der Waals surface area contributed by atoms with Crippen LogP contribution in [-0.4, -0.2) is 18.9 Å². The number of halogens is 1. The minimum Gasteiger partial charge on any atom is -0.497 e. The van der Waals surface area contributed by atoms with Crippen LogP contribution in [0, 0.1) is 0 Å². The van der Waals surface area contributed by atoms with E-state index >= 15 is 0 Å². The van der Waals surface area contributed by atoms with E-state index in [4.69, 9.17) is 9.47 Å². The Morgan fingerprint density at radius 1 is 0.909 bits per heavy atom. The molecule has 0 spiro atoms. The molecule has 5 heteroatoms. The van der Waals surface area contributed by atoms with Crippen LogP contribution >= 0.6 is 15.9 Å². The van der Waals surface area contributed by atoms with Crippen molar-refractivity contribution in [1.82, 2.24) is 0 Å². The van der Waals surface area contributed by atoms with Crippen molar-refractivity contribution in [3.05, 3.63) is 58.6 Å². The van der Waals surface area contributed by atoms with Crippen LogP contribution in [0.1, 0.15) is 23.2 Å². The SMILES string of the molecule is COc1ccc(OC(=O)CCC(=O)c2ccc(Br)cc2)cc1. The van der Waals surface area contributed by atoms with Gasteiger partial charge in [0.25, 0.3) is 0 Å². The minimum atomic E-state index is -0.435. The summed E-state index contributed by atoms with van der Waals surface area (Å²) >= 11 is 3.31. The highest BCUT2D eigenvalue weighted by Gasteiger charge is 2.11. The summed E-state index contributed by atoms with van der Waals surface area (Å²) in [6.07, 6.45) is 0.164. The largest absolute Gasteiger partial charge is 0.497 e. The van der Waals surface area contributed by atoms with Gasteiger partial charge in [0.05, 0.1) is 13.5 Å². The number of hydrogen-bond donors (Lipinski definition) is 0. The number of hydrogen-bond acceptors (Lipinski definition) is 4. The highest BCUT2D eigenvalue weighted by Crippen LogP contribution is 2.18. The molecule has 0 aliphatic carbocycles. The van der Waals surface area contributed by atoms with Gasteiger partial charge in [-0.25, -0.2) is 0 Å². The van der Waals surface area contributed by atoms with Crippen LogP contribution in [0.25, 0.3) is 0 Å². The number of ether oxygens (including phenoxy) is 2. The topological polar surface area (TPSA) is 52.6 Å². The van der Waals surface area contributed by atoms with E-state index in [9.17, 15) is 9.59 Å². The number of Topliss-reactive ketones (excluding diaryl/α,β-unsaturated/α-hetero) is 1. The normalized spacial score (nSPS) is 10.1. The van der Waals surface area contributed by atoms with Crippen molar-refractivity contribution < 1.29 is 19.1 Å². The molecule has 4 nitrogen and oxygen atoms in total. The van der Waals surface area contributed by atoms with Gasteiger partial charge in [0.2, 0.25) is 0 Å². The number of rotatable bonds is 6. The molecule has 0 aromatic heterocycles. The third kappa shape index (κ3) is 4.70. The van der Waals surface area contributed by atoms with Gasteiger partial charge in [-0.1, -0.05) is 28.1 Å². The lowest BCUT2D eigenvalue weighted by Crippen LogP contribution is -2.10. The maximum atomic E-state index is 12.0. The first-order chi connectivity index (χ1) is 10.6. The van der Waals surface area contributed by atoms with Gasteiger partial charge in [0.1, 0.15) is 11.5 Å². The van der Waals surface area contributed by atoms with Crippen LogP contribution in [0.4, 0.5) is 0 Å². The Kier molecular flexibility index (Phi) is 5.72. The molecule has 2 rings (SSSR count). The first-order valence-electron chi connectivity index (χ1n) is 6.72. The Balaban J connectivity index is 1.84. The molecule has 2 aromatic carbocycles. The highest BCUT2D eigenvalue weighted by atomic mass is 79.9. The maximum absolute atomic E-state index is 12.0. The lowest BCUT2D eigenvalue weighted by molar-refractivity contribution is -0.134. The molecule has 0 saturated heterocycles. The van der Waals surface area contributed by atoms with Gasteiger partial charge >= 0.3 is 5.97 Å². The van der Waals surface area contributed by atoms with Crippen LogP contribution < -0.4 is 9.47 Å². The van der Waals surface area contributed by atoms with Crippen molar-refractivity contribution in [1.29, 1.82) is 0 Å². The molecule has 22 heavy (non-hydrogen) atoms. The first kappa shape index (κ1) is 16.2. The monoisotopic (exact) mass is 362 g/mol.